The zero-order chi connectivity index (χ0) is 12.9. The number of hydrogen-bond acceptors (Lipinski definition) is 3. The lowest BCUT2D eigenvalue weighted by molar-refractivity contribution is -0.253. The van der Waals surface area contributed by atoms with Crippen LogP contribution >= 0.6 is 0 Å². The molecule has 3 aliphatic heterocycles. The number of ether oxygens (including phenoxy) is 2. The third kappa shape index (κ3) is 0.972. The smallest absolute Gasteiger partial charge is 0.219 e. The van der Waals surface area contributed by atoms with E-state index < -0.39 is 5.79 Å². The van der Waals surface area contributed by atoms with Crippen molar-refractivity contribution in [2.45, 2.75) is 70.1 Å². The summed E-state index contributed by atoms with van der Waals surface area (Å²) in [6, 6.07) is 0. The Morgan fingerprint density at radius 2 is 2.06 bits per heavy atom. The molecular formula is C15H22O3. The summed E-state index contributed by atoms with van der Waals surface area (Å²) in [5, 5.41) is 11.0. The Labute approximate surface area is 108 Å². The van der Waals surface area contributed by atoms with Crippen LogP contribution in [-0.2, 0) is 9.47 Å². The number of epoxide rings is 1. The molecule has 3 heteroatoms. The number of hydrogen-bond donors (Lipinski definition) is 1. The third-order valence-corrected chi connectivity index (χ3v) is 6.03. The number of allylic oxidation sites excluding steroid dienone is 1. The molecule has 4 rings (SSSR count). The van der Waals surface area contributed by atoms with Crippen molar-refractivity contribution in [1.29, 1.82) is 0 Å². The maximum absolute atomic E-state index is 11.0. The van der Waals surface area contributed by atoms with E-state index in [2.05, 4.69) is 27.7 Å². The minimum atomic E-state index is -1.15. The normalized spacial score (nSPS) is 60.5. The Balaban J connectivity index is 1.92. The van der Waals surface area contributed by atoms with Gasteiger partial charge in [0.25, 0.3) is 0 Å². The molecule has 0 aromatic heterocycles. The summed E-state index contributed by atoms with van der Waals surface area (Å²) in [5.74, 6) is -0.196. The molecule has 6 atom stereocenters. The number of aliphatic hydroxyl groups is 1. The number of rotatable bonds is 0. The quantitative estimate of drug-likeness (QED) is 0.530. The van der Waals surface area contributed by atoms with Crippen LogP contribution in [0.4, 0.5) is 0 Å². The summed E-state index contributed by atoms with van der Waals surface area (Å²) in [5.41, 5.74) is 1.93. The van der Waals surface area contributed by atoms with E-state index in [0.717, 1.165) is 12.0 Å². The Kier molecular flexibility index (Phi) is 1.82. The van der Waals surface area contributed by atoms with Gasteiger partial charge in [0.05, 0.1) is 5.60 Å². The van der Waals surface area contributed by atoms with Crippen LogP contribution in [0.1, 0.15) is 47.0 Å². The average Bonchev–Trinajstić information content (AvgIpc) is 2.76. The molecular weight excluding hydrogens is 228 g/mol. The monoisotopic (exact) mass is 250 g/mol. The molecule has 0 aromatic rings. The minimum absolute atomic E-state index is 0.152. The second-order valence-corrected chi connectivity index (χ2v) is 7.12. The van der Waals surface area contributed by atoms with Crippen LogP contribution in [0.3, 0.4) is 0 Å². The van der Waals surface area contributed by atoms with Gasteiger partial charge in [-0.05, 0) is 45.1 Å². The van der Waals surface area contributed by atoms with Gasteiger partial charge >= 0.3 is 0 Å². The summed E-state index contributed by atoms with van der Waals surface area (Å²) in [4.78, 5) is 0. The van der Waals surface area contributed by atoms with Crippen LogP contribution in [0, 0.1) is 11.8 Å². The van der Waals surface area contributed by atoms with E-state index in [-0.39, 0.29) is 17.3 Å². The summed E-state index contributed by atoms with van der Waals surface area (Å²) in [6.45, 7) is 8.57. The molecule has 1 saturated carbocycles. The van der Waals surface area contributed by atoms with E-state index >= 15 is 0 Å². The van der Waals surface area contributed by atoms with Crippen molar-refractivity contribution in [3.8, 4) is 0 Å². The largest absolute Gasteiger partial charge is 0.360 e. The lowest BCUT2D eigenvalue weighted by Crippen LogP contribution is -2.55. The molecule has 1 aliphatic carbocycles. The van der Waals surface area contributed by atoms with Crippen LogP contribution in [0.25, 0.3) is 0 Å². The zero-order valence-electron chi connectivity index (χ0n) is 11.6. The first-order chi connectivity index (χ1) is 8.34. The molecule has 1 N–H and O–H groups in total. The molecule has 100 valence electrons. The van der Waals surface area contributed by atoms with Gasteiger partial charge in [-0.3, -0.25) is 0 Å². The fourth-order valence-electron chi connectivity index (χ4n) is 4.98. The third-order valence-electron chi connectivity index (χ3n) is 6.03. The molecule has 0 aromatic carbocycles. The molecule has 4 aliphatic rings. The highest BCUT2D eigenvalue weighted by molar-refractivity contribution is 5.39. The van der Waals surface area contributed by atoms with Gasteiger partial charge in [-0.2, -0.15) is 0 Å². The van der Waals surface area contributed by atoms with Gasteiger partial charge in [-0.25, -0.2) is 0 Å². The SMILES string of the molecule is CC(C)=C1C[C@@]23O[C@]1(O)[C@@H]1O[C@]1(C)[C@@H]2CC[C@@H]3C. The van der Waals surface area contributed by atoms with E-state index in [1.807, 2.05) is 0 Å². The Morgan fingerprint density at radius 3 is 2.72 bits per heavy atom. The van der Waals surface area contributed by atoms with Crippen molar-refractivity contribution in [3.63, 3.8) is 0 Å². The van der Waals surface area contributed by atoms with Gasteiger partial charge in [0.1, 0.15) is 11.7 Å². The first kappa shape index (κ1) is 11.4. The van der Waals surface area contributed by atoms with Crippen molar-refractivity contribution < 1.29 is 14.6 Å². The van der Waals surface area contributed by atoms with Crippen LogP contribution in [-0.4, -0.2) is 28.2 Å². The van der Waals surface area contributed by atoms with Crippen LogP contribution < -0.4 is 0 Å². The molecule has 3 nitrogen and oxygen atoms in total. The lowest BCUT2D eigenvalue weighted by Gasteiger charge is -2.42. The van der Waals surface area contributed by atoms with Gasteiger partial charge in [0.2, 0.25) is 5.79 Å². The molecule has 4 fully saturated rings. The Hall–Kier alpha value is -0.380. The van der Waals surface area contributed by atoms with Crippen LogP contribution in [0.15, 0.2) is 11.1 Å². The second kappa shape index (κ2) is 2.87. The second-order valence-electron chi connectivity index (χ2n) is 7.12. The van der Waals surface area contributed by atoms with Crippen molar-refractivity contribution >= 4 is 0 Å². The van der Waals surface area contributed by atoms with E-state index in [1.165, 1.54) is 18.4 Å². The summed E-state index contributed by atoms with van der Waals surface area (Å²) in [7, 11) is 0. The average molecular weight is 250 g/mol. The lowest BCUT2D eigenvalue weighted by atomic mass is 9.75. The predicted octanol–water partition coefficient (Wildman–Crippen LogP) is 2.39. The van der Waals surface area contributed by atoms with E-state index in [1.54, 1.807) is 0 Å². The highest BCUT2D eigenvalue weighted by Crippen LogP contribution is 2.71. The van der Waals surface area contributed by atoms with Gasteiger partial charge in [0, 0.05) is 12.3 Å². The van der Waals surface area contributed by atoms with Gasteiger partial charge in [0.15, 0.2) is 0 Å². The highest BCUT2D eigenvalue weighted by atomic mass is 16.7. The highest BCUT2D eigenvalue weighted by Gasteiger charge is 2.82. The summed E-state index contributed by atoms with van der Waals surface area (Å²) < 4.78 is 12.2. The van der Waals surface area contributed by atoms with Gasteiger partial charge < -0.3 is 14.6 Å². The predicted molar refractivity (Wildman–Crippen MR) is 66.9 cm³/mol. The van der Waals surface area contributed by atoms with Crippen LogP contribution in [0.2, 0.25) is 0 Å². The van der Waals surface area contributed by atoms with Gasteiger partial charge in [-0.15, -0.1) is 0 Å². The minimum Gasteiger partial charge on any atom is -0.360 e. The zero-order valence-corrected chi connectivity index (χ0v) is 11.6. The molecule has 0 amide bonds. The molecule has 3 heterocycles. The van der Waals surface area contributed by atoms with Crippen molar-refractivity contribution in [1.82, 2.24) is 0 Å². The molecule has 1 spiro atoms. The first-order valence-electron chi connectivity index (χ1n) is 7.12. The van der Waals surface area contributed by atoms with E-state index in [4.69, 9.17) is 9.47 Å². The topological polar surface area (TPSA) is 42.0 Å². The van der Waals surface area contributed by atoms with E-state index in [0.29, 0.717) is 11.8 Å². The first-order valence-corrected chi connectivity index (χ1v) is 7.12. The Morgan fingerprint density at radius 1 is 1.33 bits per heavy atom. The molecule has 3 saturated heterocycles. The fourth-order valence-corrected chi connectivity index (χ4v) is 4.98. The van der Waals surface area contributed by atoms with Gasteiger partial charge in [-0.1, -0.05) is 12.5 Å². The molecule has 0 radical (unpaired) electrons. The van der Waals surface area contributed by atoms with Crippen molar-refractivity contribution in [2.24, 2.45) is 11.8 Å². The van der Waals surface area contributed by atoms with Crippen molar-refractivity contribution in [3.05, 3.63) is 11.1 Å². The molecule has 0 unspecified atom stereocenters. The summed E-state index contributed by atoms with van der Waals surface area (Å²) in [6.07, 6.45) is 3.09. The Bertz CT molecular complexity index is 466. The molecule has 2 bridgehead atoms. The van der Waals surface area contributed by atoms with E-state index in [9.17, 15) is 5.11 Å². The standard InChI is InChI=1S/C15H22O3/c1-8(2)10-7-14-9(3)5-6-11(14)13(4)12(17-13)15(10,16)18-14/h9,11-12,16H,5-7H2,1-4H3/t9-,11-,12+,13+,14-,15-/m0/s1. The van der Waals surface area contributed by atoms with Crippen molar-refractivity contribution in [2.75, 3.05) is 0 Å². The summed E-state index contributed by atoms with van der Waals surface area (Å²) >= 11 is 0. The van der Waals surface area contributed by atoms with Crippen LogP contribution in [0.5, 0.6) is 0 Å². The number of fused-ring (bicyclic) bond motifs is 4. The fraction of sp³-hybridized carbons (Fsp3) is 0.867. The maximum Gasteiger partial charge on any atom is 0.219 e. The molecule has 18 heavy (non-hydrogen) atoms. The maximum atomic E-state index is 11.0.